The maximum Gasteiger partial charge on any atom is 0.0651 e. The van der Waals surface area contributed by atoms with E-state index >= 15 is 0 Å². The first-order valence-corrected chi connectivity index (χ1v) is 11.2. The third kappa shape index (κ3) is 4.95. The Morgan fingerprint density at radius 2 is 2.00 bits per heavy atom. The van der Waals surface area contributed by atoms with Crippen molar-refractivity contribution in [1.82, 2.24) is 19.6 Å². The molecule has 1 saturated heterocycles. The second-order valence-corrected chi connectivity index (χ2v) is 8.99. The first kappa shape index (κ1) is 20.3. The zero-order valence-corrected chi connectivity index (χ0v) is 18.1. The Morgan fingerprint density at radius 1 is 1.10 bits per heavy atom. The van der Waals surface area contributed by atoms with Gasteiger partial charge in [-0.2, -0.15) is 5.10 Å². The molecule has 1 fully saturated rings. The van der Waals surface area contributed by atoms with Gasteiger partial charge in [0.15, 0.2) is 0 Å². The Morgan fingerprint density at radius 3 is 2.72 bits per heavy atom. The Hall–Kier alpha value is -1.99. The van der Waals surface area contributed by atoms with Crippen LogP contribution in [0.25, 0.3) is 5.69 Å². The molecule has 0 radical (unpaired) electrons. The average Bonchev–Trinajstić information content (AvgIpc) is 3.33. The molecule has 29 heavy (non-hydrogen) atoms. The van der Waals surface area contributed by atoms with Crippen LogP contribution < -0.4 is 0 Å². The molecule has 3 aromatic rings. The fourth-order valence-corrected chi connectivity index (χ4v) is 5.00. The topological polar surface area (TPSA) is 44.5 Å². The number of aryl methyl sites for hydroxylation is 2. The largest absolute Gasteiger partial charge is 0.396 e. The molecule has 0 saturated carbocycles. The van der Waals surface area contributed by atoms with Crippen molar-refractivity contribution in [3.05, 3.63) is 69.7 Å². The predicted octanol–water partition coefficient (Wildman–Crippen LogP) is 3.62. The summed E-state index contributed by atoms with van der Waals surface area (Å²) in [4.78, 5) is 6.45. The van der Waals surface area contributed by atoms with Crippen molar-refractivity contribution in [1.29, 1.82) is 0 Å². The van der Waals surface area contributed by atoms with Crippen LogP contribution >= 0.6 is 11.3 Å². The number of benzene rings is 1. The van der Waals surface area contributed by atoms with Crippen LogP contribution in [0.5, 0.6) is 0 Å². The maximum atomic E-state index is 9.58. The highest BCUT2D eigenvalue weighted by atomic mass is 32.1. The van der Waals surface area contributed by atoms with Crippen molar-refractivity contribution in [2.75, 3.05) is 26.2 Å². The van der Waals surface area contributed by atoms with Crippen LogP contribution in [0.2, 0.25) is 0 Å². The SMILES string of the molecule is Cc1cc(C)n(-c2cccc(CN3CCN(Cc4cccs4)C(CCO)C3)c2)n1. The molecule has 2 aromatic heterocycles. The summed E-state index contributed by atoms with van der Waals surface area (Å²) in [5.74, 6) is 0. The summed E-state index contributed by atoms with van der Waals surface area (Å²) in [5.41, 5.74) is 4.63. The second-order valence-electron chi connectivity index (χ2n) is 7.96. The fraction of sp³-hybridized carbons (Fsp3) is 0.435. The van der Waals surface area contributed by atoms with Crippen molar-refractivity contribution < 1.29 is 5.11 Å². The smallest absolute Gasteiger partial charge is 0.0651 e. The number of piperazine rings is 1. The fourth-order valence-electron chi connectivity index (χ4n) is 4.27. The molecule has 1 aliphatic heterocycles. The van der Waals surface area contributed by atoms with Gasteiger partial charge in [0.1, 0.15) is 0 Å². The van der Waals surface area contributed by atoms with E-state index in [-0.39, 0.29) is 6.61 Å². The normalized spacial score (nSPS) is 18.4. The Balaban J connectivity index is 1.43. The molecule has 0 aliphatic carbocycles. The van der Waals surface area contributed by atoms with Gasteiger partial charge in [0.2, 0.25) is 0 Å². The summed E-state index contributed by atoms with van der Waals surface area (Å²) in [6, 6.07) is 15.5. The first-order chi connectivity index (χ1) is 14.1. The van der Waals surface area contributed by atoms with Crippen LogP contribution in [0.15, 0.2) is 47.8 Å². The molecule has 0 bridgehead atoms. The van der Waals surface area contributed by atoms with Gasteiger partial charge in [-0.1, -0.05) is 18.2 Å². The molecule has 1 N–H and O–H groups in total. The van der Waals surface area contributed by atoms with Crippen LogP contribution in [0, 0.1) is 13.8 Å². The Bertz CT molecular complexity index is 921. The van der Waals surface area contributed by atoms with Crippen molar-refractivity contribution in [2.24, 2.45) is 0 Å². The summed E-state index contributed by atoms with van der Waals surface area (Å²) in [7, 11) is 0. The Kier molecular flexibility index (Phi) is 6.45. The van der Waals surface area contributed by atoms with Gasteiger partial charge in [0.05, 0.1) is 11.4 Å². The lowest BCUT2D eigenvalue weighted by atomic mass is 10.1. The minimum atomic E-state index is 0.243. The number of aliphatic hydroxyl groups is 1. The number of rotatable bonds is 7. The van der Waals surface area contributed by atoms with Gasteiger partial charge in [-0.25, -0.2) is 4.68 Å². The molecule has 0 spiro atoms. The van der Waals surface area contributed by atoms with Crippen LogP contribution in [-0.4, -0.2) is 57.0 Å². The number of aliphatic hydroxyl groups excluding tert-OH is 1. The van der Waals surface area contributed by atoms with Gasteiger partial charge in [0.25, 0.3) is 0 Å². The minimum absolute atomic E-state index is 0.243. The van der Waals surface area contributed by atoms with E-state index in [1.165, 1.54) is 10.4 Å². The number of hydrogen-bond acceptors (Lipinski definition) is 5. The zero-order valence-electron chi connectivity index (χ0n) is 17.3. The highest BCUT2D eigenvalue weighted by molar-refractivity contribution is 7.09. The van der Waals surface area contributed by atoms with E-state index in [1.54, 1.807) is 0 Å². The van der Waals surface area contributed by atoms with Gasteiger partial charge in [-0.3, -0.25) is 9.80 Å². The van der Waals surface area contributed by atoms with Crippen LogP contribution in [0.4, 0.5) is 0 Å². The van der Waals surface area contributed by atoms with Gasteiger partial charge < -0.3 is 5.11 Å². The lowest BCUT2D eigenvalue weighted by Crippen LogP contribution is -2.52. The summed E-state index contributed by atoms with van der Waals surface area (Å²) < 4.78 is 2.02. The molecule has 0 amide bonds. The molecule has 3 heterocycles. The molecular formula is C23H30N4OS. The number of thiophene rings is 1. The number of nitrogens with zero attached hydrogens (tertiary/aromatic N) is 4. The minimum Gasteiger partial charge on any atom is -0.396 e. The monoisotopic (exact) mass is 410 g/mol. The molecule has 1 aromatic carbocycles. The molecule has 5 nitrogen and oxygen atoms in total. The summed E-state index contributed by atoms with van der Waals surface area (Å²) in [6.07, 6.45) is 0.827. The van der Waals surface area contributed by atoms with Gasteiger partial charge in [-0.15, -0.1) is 11.3 Å². The highest BCUT2D eigenvalue weighted by Gasteiger charge is 2.26. The lowest BCUT2D eigenvalue weighted by Gasteiger charge is -2.41. The van der Waals surface area contributed by atoms with E-state index in [0.29, 0.717) is 6.04 Å². The lowest BCUT2D eigenvalue weighted by molar-refractivity contribution is 0.0506. The van der Waals surface area contributed by atoms with Crippen molar-refractivity contribution in [3.63, 3.8) is 0 Å². The first-order valence-electron chi connectivity index (χ1n) is 10.3. The Labute approximate surface area is 177 Å². The summed E-state index contributed by atoms with van der Waals surface area (Å²) in [5, 5.41) is 16.3. The second kappa shape index (κ2) is 9.22. The predicted molar refractivity (Wildman–Crippen MR) is 119 cm³/mol. The van der Waals surface area contributed by atoms with Crippen molar-refractivity contribution >= 4 is 11.3 Å². The maximum absolute atomic E-state index is 9.58. The van der Waals surface area contributed by atoms with Gasteiger partial charge in [-0.05, 0) is 55.5 Å². The van der Waals surface area contributed by atoms with Gasteiger partial charge >= 0.3 is 0 Å². The molecule has 154 valence electrons. The van der Waals surface area contributed by atoms with E-state index in [4.69, 9.17) is 0 Å². The molecule has 6 heteroatoms. The highest BCUT2D eigenvalue weighted by Crippen LogP contribution is 2.21. The quantitative estimate of drug-likeness (QED) is 0.646. The molecule has 1 unspecified atom stereocenters. The van der Waals surface area contributed by atoms with E-state index in [1.807, 2.05) is 22.9 Å². The third-order valence-electron chi connectivity index (χ3n) is 5.66. The third-order valence-corrected chi connectivity index (χ3v) is 6.52. The molecule has 4 rings (SSSR count). The van der Waals surface area contributed by atoms with Crippen molar-refractivity contribution in [2.45, 2.75) is 39.4 Å². The van der Waals surface area contributed by atoms with Crippen LogP contribution in [0.1, 0.15) is 28.2 Å². The van der Waals surface area contributed by atoms with E-state index in [0.717, 1.165) is 56.2 Å². The average molecular weight is 411 g/mol. The molecule has 1 aliphatic rings. The van der Waals surface area contributed by atoms with Crippen molar-refractivity contribution in [3.8, 4) is 5.69 Å². The number of aromatic nitrogens is 2. The summed E-state index contributed by atoms with van der Waals surface area (Å²) >= 11 is 1.82. The standard InChI is InChI=1S/C23H30N4OS/c1-18-13-19(2)27(24-18)21-6-3-5-20(14-21)15-25-9-10-26(22(16-25)8-11-28)17-23-7-4-12-29-23/h3-7,12-14,22,28H,8-11,15-17H2,1-2H3. The summed E-state index contributed by atoms with van der Waals surface area (Å²) in [6.45, 7) is 9.38. The molecular weight excluding hydrogens is 380 g/mol. The van der Waals surface area contributed by atoms with E-state index in [2.05, 4.69) is 69.7 Å². The van der Waals surface area contributed by atoms with Crippen LogP contribution in [0.3, 0.4) is 0 Å². The number of hydrogen-bond donors (Lipinski definition) is 1. The van der Waals surface area contributed by atoms with E-state index < -0.39 is 0 Å². The van der Waals surface area contributed by atoms with Gasteiger partial charge in [0, 0.05) is 55.9 Å². The molecule has 1 atom stereocenters. The van der Waals surface area contributed by atoms with E-state index in [9.17, 15) is 5.11 Å². The zero-order chi connectivity index (χ0) is 20.2. The van der Waals surface area contributed by atoms with Crippen LogP contribution in [-0.2, 0) is 13.1 Å².